The van der Waals surface area contributed by atoms with Crippen LogP contribution in [0.1, 0.15) is 36.8 Å². The Balaban J connectivity index is 1.31. The molecule has 34 heavy (non-hydrogen) atoms. The molecule has 0 spiro atoms. The van der Waals surface area contributed by atoms with E-state index in [1.165, 1.54) is 11.1 Å². The highest BCUT2D eigenvalue weighted by molar-refractivity contribution is 5.87. The van der Waals surface area contributed by atoms with Crippen LogP contribution in [0, 0.1) is 13.8 Å². The van der Waals surface area contributed by atoms with Gasteiger partial charge >= 0.3 is 0 Å². The third-order valence-corrected chi connectivity index (χ3v) is 6.68. The van der Waals surface area contributed by atoms with Gasteiger partial charge in [-0.2, -0.15) is 4.98 Å². The van der Waals surface area contributed by atoms with E-state index in [2.05, 4.69) is 40.1 Å². The molecule has 0 atom stereocenters. The van der Waals surface area contributed by atoms with E-state index < -0.39 is 0 Å². The average molecular weight is 464 g/mol. The monoisotopic (exact) mass is 463 g/mol. The molecule has 2 fully saturated rings. The number of morpholine rings is 1. The summed E-state index contributed by atoms with van der Waals surface area (Å²) >= 11 is 0. The second-order valence-electron chi connectivity index (χ2n) is 9.24. The lowest BCUT2D eigenvalue weighted by atomic mass is 9.93. The van der Waals surface area contributed by atoms with E-state index in [9.17, 15) is 0 Å². The molecular weight excluding hydrogens is 430 g/mol. The number of nitrogens with one attached hydrogen (secondary N) is 1. The van der Waals surface area contributed by atoms with E-state index in [1.54, 1.807) is 13.3 Å². The number of ether oxygens (including phenoxy) is 3. The molecule has 0 amide bonds. The van der Waals surface area contributed by atoms with Gasteiger partial charge in [0.05, 0.1) is 37.4 Å². The van der Waals surface area contributed by atoms with Gasteiger partial charge in [-0.1, -0.05) is 6.07 Å². The van der Waals surface area contributed by atoms with Crippen LogP contribution in [0.25, 0.3) is 10.9 Å². The molecule has 1 saturated carbocycles. The summed E-state index contributed by atoms with van der Waals surface area (Å²) in [6.45, 7) is 7.23. The summed E-state index contributed by atoms with van der Waals surface area (Å²) in [6, 6.07) is 6.57. The molecule has 0 unspecified atom stereocenters. The van der Waals surface area contributed by atoms with Crippen LogP contribution >= 0.6 is 0 Å². The fraction of sp³-hybridized carbons (Fsp3) is 0.500. The SMILES string of the molecule is COc1cnc2cc(N3CCOCC3)nc(OC3CCC(Nc4ncc(C)cc4C)CC3)c2c1. The molecule has 0 aromatic carbocycles. The van der Waals surface area contributed by atoms with Crippen LogP contribution < -0.4 is 19.7 Å². The Bertz CT molecular complexity index is 1140. The van der Waals surface area contributed by atoms with Crippen molar-refractivity contribution in [1.82, 2.24) is 15.0 Å². The standard InChI is InChI=1S/C26H33N5O3/c1-17-12-18(2)25(28-15-17)29-19-4-6-20(7-5-19)34-26-22-13-21(32-3)16-27-23(22)14-24(30-26)31-8-10-33-11-9-31/h12-16,19-20H,4-11H2,1-3H3,(H,28,29). The molecule has 0 radical (unpaired) electrons. The molecule has 8 nitrogen and oxygen atoms in total. The topological polar surface area (TPSA) is 81.6 Å². The molecule has 180 valence electrons. The fourth-order valence-electron chi connectivity index (χ4n) is 4.76. The first-order valence-corrected chi connectivity index (χ1v) is 12.1. The highest BCUT2D eigenvalue weighted by Crippen LogP contribution is 2.33. The Morgan fingerprint density at radius 1 is 1.00 bits per heavy atom. The van der Waals surface area contributed by atoms with Crippen molar-refractivity contribution < 1.29 is 14.2 Å². The largest absolute Gasteiger partial charge is 0.495 e. The molecule has 1 saturated heterocycles. The number of aromatic nitrogens is 3. The van der Waals surface area contributed by atoms with E-state index in [0.717, 1.165) is 61.3 Å². The van der Waals surface area contributed by atoms with Gasteiger partial charge < -0.3 is 24.4 Å². The number of nitrogens with zero attached hydrogens (tertiary/aromatic N) is 4. The minimum absolute atomic E-state index is 0.118. The van der Waals surface area contributed by atoms with Crippen molar-refractivity contribution in [2.75, 3.05) is 43.6 Å². The van der Waals surface area contributed by atoms with Crippen LogP contribution in [-0.2, 0) is 4.74 Å². The van der Waals surface area contributed by atoms with Crippen LogP contribution in [0.4, 0.5) is 11.6 Å². The predicted octanol–water partition coefficient (Wildman–Crippen LogP) is 4.29. The first kappa shape index (κ1) is 22.7. The minimum Gasteiger partial charge on any atom is -0.495 e. The van der Waals surface area contributed by atoms with E-state index in [4.69, 9.17) is 19.2 Å². The molecule has 3 aromatic heterocycles. The quantitative estimate of drug-likeness (QED) is 0.580. The van der Waals surface area contributed by atoms with Crippen LogP contribution in [0.15, 0.2) is 30.6 Å². The maximum absolute atomic E-state index is 6.53. The summed E-state index contributed by atoms with van der Waals surface area (Å²) in [4.78, 5) is 16.4. The summed E-state index contributed by atoms with van der Waals surface area (Å²) in [5, 5.41) is 4.52. The summed E-state index contributed by atoms with van der Waals surface area (Å²) in [5.74, 6) is 3.21. The molecule has 8 heteroatoms. The molecule has 2 aliphatic rings. The summed E-state index contributed by atoms with van der Waals surface area (Å²) in [5.41, 5.74) is 3.24. The number of fused-ring (bicyclic) bond motifs is 1. The van der Waals surface area contributed by atoms with Crippen molar-refractivity contribution in [3.05, 3.63) is 41.7 Å². The van der Waals surface area contributed by atoms with E-state index in [-0.39, 0.29) is 6.10 Å². The minimum atomic E-state index is 0.118. The van der Waals surface area contributed by atoms with E-state index in [1.807, 2.05) is 18.3 Å². The first-order valence-electron chi connectivity index (χ1n) is 12.1. The maximum atomic E-state index is 6.53. The molecule has 5 rings (SSSR count). The summed E-state index contributed by atoms with van der Waals surface area (Å²) in [7, 11) is 1.65. The molecule has 1 aliphatic heterocycles. The van der Waals surface area contributed by atoms with Crippen molar-refractivity contribution in [3.8, 4) is 11.6 Å². The summed E-state index contributed by atoms with van der Waals surface area (Å²) in [6.07, 6.45) is 7.77. The van der Waals surface area contributed by atoms with Gasteiger partial charge in [0.15, 0.2) is 0 Å². The van der Waals surface area contributed by atoms with Crippen molar-refractivity contribution in [2.45, 2.75) is 51.7 Å². The van der Waals surface area contributed by atoms with Gasteiger partial charge in [0.2, 0.25) is 5.88 Å². The zero-order valence-electron chi connectivity index (χ0n) is 20.2. The van der Waals surface area contributed by atoms with E-state index >= 15 is 0 Å². The molecule has 1 N–H and O–H groups in total. The number of pyridine rings is 3. The normalized spacial score (nSPS) is 20.9. The molecular formula is C26H33N5O3. The van der Waals surface area contributed by atoms with Gasteiger partial charge in [-0.25, -0.2) is 4.98 Å². The van der Waals surface area contributed by atoms with Gasteiger partial charge in [-0.05, 0) is 56.7 Å². The predicted molar refractivity (Wildman–Crippen MR) is 133 cm³/mol. The first-order chi connectivity index (χ1) is 16.6. The zero-order valence-corrected chi connectivity index (χ0v) is 20.2. The van der Waals surface area contributed by atoms with Gasteiger partial charge in [0, 0.05) is 31.4 Å². The van der Waals surface area contributed by atoms with Crippen LogP contribution in [-0.4, -0.2) is 60.5 Å². The third-order valence-electron chi connectivity index (χ3n) is 6.68. The van der Waals surface area contributed by atoms with E-state index in [0.29, 0.717) is 30.9 Å². The third kappa shape index (κ3) is 5.01. The number of hydrogen-bond donors (Lipinski definition) is 1. The summed E-state index contributed by atoms with van der Waals surface area (Å²) < 4.78 is 17.5. The number of anilines is 2. The fourth-order valence-corrected chi connectivity index (χ4v) is 4.76. The highest BCUT2D eigenvalue weighted by atomic mass is 16.5. The Hall–Kier alpha value is -3.13. The average Bonchev–Trinajstić information content (AvgIpc) is 2.87. The van der Waals surface area contributed by atoms with Crippen LogP contribution in [0.3, 0.4) is 0 Å². The molecule has 0 bridgehead atoms. The van der Waals surface area contributed by atoms with Crippen LogP contribution in [0.2, 0.25) is 0 Å². The Labute approximate surface area is 200 Å². The van der Waals surface area contributed by atoms with Crippen molar-refractivity contribution >= 4 is 22.5 Å². The van der Waals surface area contributed by atoms with Gasteiger partial charge in [0.1, 0.15) is 23.5 Å². The lowest BCUT2D eigenvalue weighted by Gasteiger charge is -2.31. The number of methoxy groups -OCH3 is 1. The lowest BCUT2D eigenvalue weighted by Crippen LogP contribution is -2.37. The van der Waals surface area contributed by atoms with Crippen molar-refractivity contribution in [2.24, 2.45) is 0 Å². The molecule has 4 heterocycles. The Morgan fingerprint density at radius 2 is 1.79 bits per heavy atom. The highest BCUT2D eigenvalue weighted by Gasteiger charge is 2.25. The number of rotatable bonds is 6. The number of hydrogen-bond acceptors (Lipinski definition) is 8. The molecule has 3 aromatic rings. The lowest BCUT2D eigenvalue weighted by molar-refractivity contribution is 0.122. The van der Waals surface area contributed by atoms with Crippen molar-refractivity contribution in [1.29, 1.82) is 0 Å². The Morgan fingerprint density at radius 3 is 2.53 bits per heavy atom. The second kappa shape index (κ2) is 10.0. The Kier molecular flexibility index (Phi) is 6.67. The van der Waals surface area contributed by atoms with Gasteiger partial charge in [-0.15, -0.1) is 0 Å². The van der Waals surface area contributed by atoms with Crippen molar-refractivity contribution in [3.63, 3.8) is 0 Å². The van der Waals surface area contributed by atoms with Crippen LogP contribution in [0.5, 0.6) is 11.6 Å². The second-order valence-corrected chi connectivity index (χ2v) is 9.24. The zero-order chi connectivity index (χ0) is 23.5. The molecule has 1 aliphatic carbocycles. The number of aryl methyl sites for hydroxylation is 2. The van der Waals surface area contributed by atoms with Gasteiger partial charge in [0.25, 0.3) is 0 Å². The maximum Gasteiger partial charge on any atom is 0.225 e. The van der Waals surface area contributed by atoms with Gasteiger partial charge in [-0.3, -0.25) is 4.98 Å². The smallest absolute Gasteiger partial charge is 0.225 e.